The normalized spacial score (nSPS) is 17.1. The summed E-state index contributed by atoms with van der Waals surface area (Å²) in [7, 11) is 0. The van der Waals surface area contributed by atoms with E-state index in [2.05, 4.69) is 5.32 Å². The van der Waals surface area contributed by atoms with Crippen molar-refractivity contribution in [2.24, 2.45) is 5.92 Å². The Morgan fingerprint density at radius 3 is 2.07 bits per heavy atom. The number of nitro benzene ring substituents is 1. The van der Waals surface area contributed by atoms with E-state index in [1.807, 2.05) is 60.7 Å². The Labute approximate surface area is 156 Å². The van der Waals surface area contributed by atoms with E-state index < -0.39 is 4.92 Å². The standard InChI is InChI=1S/C22H18N2O3/c25-21(23-18-12-7-13-19(14-18)24(26)27)20-15-22(20,16-8-3-1-4-9-16)17-10-5-2-6-11-17/h1-14,20H,15H2,(H,23,25)/t20-/m1/s1. The van der Waals surface area contributed by atoms with Crippen molar-refractivity contribution in [1.82, 2.24) is 0 Å². The van der Waals surface area contributed by atoms with Crippen molar-refractivity contribution >= 4 is 17.3 Å². The molecule has 0 unspecified atom stereocenters. The summed E-state index contributed by atoms with van der Waals surface area (Å²) in [4.78, 5) is 23.4. The Balaban J connectivity index is 1.63. The number of carbonyl (C=O) groups excluding carboxylic acids is 1. The first-order valence-corrected chi connectivity index (χ1v) is 8.77. The number of nitrogens with one attached hydrogen (secondary N) is 1. The second kappa shape index (κ2) is 6.68. The van der Waals surface area contributed by atoms with Crippen LogP contribution in [0.3, 0.4) is 0 Å². The number of hydrogen-bond donors (Lipinski definition) is 1. The molecule has 27 heavy (non-hydrogen) atoms. The highest BCUT2D eigenvalue weighted by Gasteiger charge is 2.60. The largest absolute Gasteiger partial charge is 0.326 e. The molecular weight excluding hydrogens is 340 g/mol. The highest BCUT2D eigenvalue weighted by atomic mass is 16.6. The molecule has 1 fully saturated rings. The molecule has 0 bridgehead atoms. The minimum absolute atomic E-state index is 0.0408. The third-order valence-corrected chi connectivity index (χ3v) is 5.18. The van der Waals surface area contributed by atoms with Gasteiger partial charge in [-0.15, -0.1) is 0 Å². The number of hydrogen-bond acceptors (Lipinski definition) is 3. The first-order valence-electron chi connectivity index (χ1n) is 8.77. The summed E-state index contributed by atoms with van der Waals surface area (Å²) >= 11 is 0. The summed E-state index contributed by atoms with van der Waals surface area (Å²) in [5.74, 6) is -0.343. The fourth-order valence-electron chi connectivity index (χ4n) is 3.78. The number of nitrogens with zero attached hydrogens (tertiary/aromatic N) is 1. The van der Waals surface area contributed by atoms with Gasteiger partial charge in [0, 0.05) is 23.2 Å². The van der Waals surface area contributed by atoms with Crippen molar-refractivity contribution in [1.29, 1.82) is 0 Å². The van der Waals surface area contributed by atoms with E-state index in [0.717, 1.165) is 11.1 Å². The first kappa shape index (κ1) is 17.0. The van der Waals surface area contributed by atoms with Crippen molar-refractivity contribution in [2.75, 3.05) is 5.32 Å². The monoisotopic (exact) mass is 358 g/mol. The first-order chi connectivity index (χ1) is 13.1. The van der Waals surface area contributed by atoms with Gasteiger partial charge in [0.25, 0.3) is 5.69 Å². The molecule has 1 amide bonds. The van der Waals surface area contributed by atoms with Crippen LogP contribution in [0, 0.1) is 16.0 Å². The zero-order valence-corrected chi connectivity index (χ0v) is 14.5. The summed E-state index contributed by atoms with van der Waals surface area (Å²) in [6, 6.07) is 26.1. The molecule has 0 saturated heterocycles. The molecule has 4 rings (SSSR count). The molecule has 3 aromatic carbocycles. The van der Waals surface area contributed by atoms with Crippen molar-refractivity contribution in [3.8, 4) is 0 Å². The summed E-state index contributed by atoms with van der Waals surface area (Å²) in [6.45, 7) is 0. The summed E-state index contributed by atoms with van der Waals surface area (Å²) < 4.78 is 0. The van der Waals surface area contributed by atoms with Crippen LogP contribution in [0.1, 0.15) is 17.5 Å². The Kier molecular flexibility index (Phi) is 4.20. The molecule has 3 aromatic rings. The van der Waals surface area contributed by atoms with Crippen LogP contribution >= 0.6 is 0 Å². The van der Waals surface area contributed by atoms with Crippen LogP contribution in [0.4, 0.5) is 11.4 Å². The SMILES string of the molecule is O=C(Nc1cccc([N+](=O)[O-])c1)[C@H]1CC1(c1ccccc1)c1ccccc1. The molecule has 1 atom stereocenters. The average Bonchev–Trinajstić information content (AvgIpc) is 3.47. The minimum atomic E-state index is -0.467. The number of amides is 1. The van der Waals surface area contributed by atoms with Crippen LogP contribution in [0.25, 0.3) is 0 Å². The van der Waals surface area contributed by atoms with Gasteiger partial charge < -0.3 is 5.32 Å². The molecular formula is C22H18N2O3. The lowest BCUT2D eigenvalue weighted by atomic mass is 9.85. The Morgan fingerprint density at radius 1 is 0.926 bits per heavy atom. The fourth-order valence-corrected chi connectivity index (χ4v) is 3.78. The van der Waals surface area contributed by atoms with E-state index in [0.29, 0.717) is 12.1 Å². The van der Waals surface area contributed by atoms with Gasteiger partial charge in [0.1, 0.15) is 0 Å². The van der Waals surface area contributed by atoms with Gasteiger partial charge in [-0.3, -0.25) is 14.9 Å². The second-order valence-electron chi connectivity index (χ2n) is 6.76. The maximum absolute atomic E-state index is 12.9. The number of benzene rings is 3. The molecule has 134 valence electrons. The van der Waals surface area contributed by atoms with Gasteiger partial charge >= 0.3 is 0 Å². The Hall–Kier alpha value is -3.47. The maximum Gasteiger partial charge on any atom is 0.271 e. The van der Waals surface area contributed by atoms with Crippen molar-refractivity contribution in [2.45, 2.75) is 11.8 Å². The zero-order valence-electron chi connectivity index (χ0n) is 14.5. The number of nitro groups is 1. The molecule has 0 aliphatic heterocycles. The van der Waals surface area contributed by atoms with Crippen LogP contribution in [0.5, 0.6) is 0 Å². The molecule has 5 nitrogen and oxygen atoms in total. The average molecular weight is 358 g/mol. The summed E-state index contributed by atoms with van der Waals surface area (Å²) in [5, 5.41) is 13.8. The Morgan fingerprint density at radius 2 is 1.52 bits per heavy atom. The minimum Gasteiger partial charge on any atom is -0.326 e. The number of rotatable bonds is 5. The highest BCUT2D eigenvalue weighted by Crippen LogP contribution is 2.59. The van der Waals surface area contributed by atoms with E-state index in [4.69, 9.17) is 0 Å². The van der Waals surface area contributed by atoms with Crippen LogP contribution in [-0.2, 0) is 10.2 Å². The number of non-ortho nitro benzene ring substituents is 1. The molecule has 0 heterocycles. The molecule has 1 aliphatic carbocycles. The van der Waals surface area contributed by atoms with E-state index in [-0.39, 0.29) is 22.9 Å². The summed E-state index contributed by atoms with van der Waals surface area (Å²) in [6.07, 6.45) is 0.710. The molecule has 1 saturated carbocycles. The smallest absolute Gasteiger partial charge is 0.271 e. The molecule has 5 heteroatoms. The fraction of sp³-hybridized carbons (Fsp3) is 0.136. The summed E-state index contributed by atoms with van der Waals surface area (Å²) in [5.41, 5.74) is 2.26. The van der Waals surface area contributed by atoms with Crippen LogP contribution in [0.2, 0.25) is 0 Å². The van der Waals surface area contributed by atoms with Crippen LogP contribution in [-0.4, -0.2) is 10.8 Å². The van der Waals surface area contributed by atoms with Gasteiger partial charge in [-0.1, -0.05) is 66.7 Å². The lowest BCUT2D eigenvalue weighted by Crippen LogP contribution is -2.22. The molecule has 1 aliphatic rings. The van der Waals surface area contributed by atoms with Crippen molar-refractivity contribution in [3.05, 3.63) is 106 Å². The van der Waals surface area contributed by atoms with Gasteiger partial charge in [-0.05, 0) is 23.6 Å². The predicted octanol–water partition coefficient (Wildman–Crippen LogP) is 4.54. The van der Waals surface area contributed by atoms with E-state index in [9.17, 15) is 14.9 Å². The van der Waals surface area contributed by atoms with E-state index in [1.165, 1.54) is 12.1 Å². The number of anilines is 1. The maximum atomic E-state index is 12.9. The lowest BCUT2D eigenvalue weighted by Gasteiger charge is -2.19. The lowest BCUT2D eigenvalue weighted by molar-refractivity contribution is -0.384. The number of carbonyl (C=O) groups is 1. The molecule has 1 N–H and O–H groups in total. The van der Waals surface area contributed by atoms with Gasteiger partial charge in [0.15, 0.2) is 0 Å². The van der Waals surface area contributed by atoms with Gasteiger partial charge in [0.05, 0.1) is 10.8 Å². The van der Waals surface area contributed by atoms with Gasteiger partial charge in [-0.2, -0.15) is 0 Å². The topological polar surface area (TPSA) is 72.2 Å². The molecule has 0 radical (unpaired) electrons. The van der Waals surface area contributed by atoms with Gasteiger partial charge in [-0.25, -0.2) is 0 Å². The Bertz CT molecular complexity index is 947. The third kappa shape index (κ3) is 3.08. The van der Waals surface area contributed by atoms with Crippen LogP contribution in [0.15, 0.2) is 84.9 Å². The van der Waals surface area contributed by atoms with Crippen molar-refractivity contribution in [3.63, 3.8) is 0 Å². The van der Waals surface area contributed by atoms with Gasteiger partial charge in [0.2, 0.25) is 5.91 Å². The third-order valence-electron chi connectivity index (χ3n) is 5.18. The van der Waals surface area contributed by atoms with E-state index in [1.54, 1.807) is 12.1 Å². The predicted molar refractivity (Wildman–Crippen MR) is 103 cm³/mol. The highest BCUT2D eigenvalue weighted by molar-refractivity contribution is 5.97. The van der Waals surface area contributed by atoms with E-state index >= 15 is 0 Å². The van der Waals surface area contributed by atoms with Crippen molar-refractivity contribution < 1.29 is 9.72 Å². The molecule has 0 aromatic heterocycles. The molecule has 0 spiro atoms. The second-order valence-corrected chi connectivity index (χ2v) is 6.76. The van der Waals surface area contributed by atoms with Crippen LogP contribution < -0.4 is 5.32 Å². The zero-order chi connectivity index (χ0) is 18.9. The quantitative estimate of drug-likeness (QED) is 0.537.